The molecule has 0 N–H and O–H groups in total. The second-order valence-electron chi connectivity index (χ2n) is 8.45. The van der Waals surface area contributed by atoms with Crippen LogP contribution < -0.4 is 0 Å². The molecule has 0 radical (unpaired) electrons. The Bertz CT molecular complexity index is 634. The molecule has 0 bridgehead atoms. The van der Waals surface area contributed by atoms with Crippen molar-refractivity contribution in [3.8, 4) is 0 Å². The number of epoxide rings is 2. The lowest BCUT2D eigenvalue weighted by atomic mass is 9.81. The van der Waals surface area contributed by atoms with Crippen LogP contribution in [0.25, 0.3) is 0 Å². The first-order valence-corrected chi connectivity index (χ1v) is 9.54. The summed E-state index contributed by atoms with van der Waals surface area (Å²) >= 11 is 0. The SMILES string of the molecule is O=C1[C@H]2C[C@@H]3O[C@@H]3C[C@H]2C(=O)N1CCN1C(=O)[C@@H]2C[C@H]3O[C@@H]3C[C@H]2C1=O. The van der Waals surface area contributed by atoms with Gasteiger partial charge in [-0.2, -0.15) is 0 Å². The van der Waals surface area contributed by atoms with Crippen molar-refractivity contribution in [1.82, 2.24) is 9.80 Å². The van der Waals surface area contributed by atoms with Crippen molar-refractivity contribution in [3.05, 3.63) is 0 Å². The Kier molecular flexibility index (Phi) is 2.89. The molecule has 6 aliphatic rings. The second kappa shape index (κ2) is 4.92. The number of carbonyl (C=O) groups excluding carboxylic acids is 4. The van der Waals surface area contributed by atoms with Gasteiger partial charge in [0.15, 0.2) is 0 Å². The highest BCUT2D eigenvalue weighted by atomic mass is 16.6. The number of imide groups is 2. The van der Waals surface area contributed by atoms with Crippen molar-refractivity contribution in [2.75, 3.05) is 13.1 Å². The molecule has 0 unspecified atom stereocenters. The minimum absolute atomic E-state index is 0.112. The van der Waals surface area contributed by atoms with Crippen molar-refractivity contribution in [2.24, 2.45) is 23.7 Å². The van der Waals surface area contributed by atoms with Gasteiger partial charge in [-0.25, -0.2) is 0 Å². The van der Waals surface area contributed by atoms with E-state index >= 15 is 0 Å². The van der Waals surface area contributed by atoms with Crippen LogP contribution in [0.15, 0.2) is 0 Å². The molecule has 4 amide bonds. The van der Waals surface area contributed by atoms with E-state index in [0.717, 1.165) is 0 Å². The van der Waals surface area contributed by atoms with Crippen molar-refractivity contribution >= 4 is 23.6 Å². The van der Waals surface area contributed by atoms with Gasteiger partial charge >= 0.3 is 0 Å². The minimum Gasteiger partial charge on any atom is -0.370 e. The number of likely N-dealkylation sites (tertiary alicyclic amines) is 2. The molecule has 6 fully saturated rings. The fourth-order valence-corrected chi connectivity index (χ4v) is 5.60. The molecular weight excluding hydrogens is 340 g/mol. The monoisotopic (exact) mass is 360 g/mol. The summed E-state index contributed by atoms with van der Waals surface area (Å²) in [5, 5.41) is 0. The largest absolute Gasteiger partial charge is 0.370 e. The number of nitrogens with zero attached hydrogens (tertiary/aromatic N) is 2. The van der Waals surface area contributed by atoms with Crippen LogP contribution in [0.1, 0.15) is 25.7 Å². The number of rotatable bonds is 3. The summed E-state index contributed by atoms with van der Waals surface area (Å²) in [5.41, 5.74) is 0. The van der Waals surface area contributed by atoms with Gasteiger partial charge in [-0.3, -0.25) is 29.0 Å². The highest BCUT2D eigenvalue weighted by Crippen LogP contribution is 2.48. The smallest absolute Gasteiger partial charge is 0.233 e. The van der Waals surface area contributed by atoms with E-state index in [0.29, 0.717) is 25.7 Å². The predicted octanol–water partition coefficient (Wildman–Crippen LogP) is -0.689. The summed E-state index contributed by atoms with van der Waals surface area (Å²) in [7, 11) is 0. The molecule has 6 rings (SSSR count). The zero-order valence-corrected chi connectivity index (χ0v) is 14.2. The molecule has 0 aromatic heterocycles. The third-order valence-electron chi connectivity index (χ3n) is 7.17. The second-order valence-corrected chi connectivity index (χ2v) is 8.45. The van der Waals surface area contributed by atoms with Gasteiger partial charge in [0.1, 0.15) is 0 Å². The molecule has 138 valence electrons. The molecule has 2 saturated carbocycles. The van der Waals surface area contributed by atoms with Crippen molar-refractivity contribution in [2.45, 2.75) is 50.1 Å². The number of amides is 4. The molecule has 2 aliphatic carbocycles. The van der Waals surface area contributed by atoms with Crippen LogP contribution in [0, 0.1) is 23.7 Å². The van der Waals surface area contributed by atoms with Gasteiger partial charge in [-0.1, -0.05) is 0 Å². The van der Waals surface area contributed by atoms with Gasteiger partial charge in [0.05, 0.1) is 48.1 Å². The average molecular weight is 360 g/mol. The van der Waals surface area contributed by atoms with Crippen LogP contribution >= 0.6 is 0 Å². The Labute approximate surface area is 149 Å². The lowest BCUT2D eigenvalue weighted by Crippen LogP contribution is -2.41. The molecule has 4 heterocycles. The van der Waals surface area contributed by atoms with Gasteiger partial charge in [-0.05, 0) is 25.7 Å². The molecule has 8 atom stereocenters. The molecule has 0 aromatic rings. The number of carbonyl (C=O) groups is 4. The maximum absolute atomic E-state index is 12.6. The van der Waals surface area contributed by atoms with Crippen LogP contribution in [0.2, 0.25) is 0 Å². The maximum Gasteiger partial charge on any atom is 0.233 e. The van der Waals surface area contributed by atoms with Gasteiger partial charge < -0.3 is 9.47 Å². The molecule has 8 nitrogen and oxygen atoms in total. The first-order valence-electron chi connectivity index (χ1n) is 9.54. The Balaban J connectivity index is 1.15. The van der Waals surface area contributed by atoms with Crippen LogP contribution in [0.5, 0.6) is 0 Å². The van der Waals surface area contributed by atoms with Crippen LogP contribution in [-0.2, 0) is 28.7 Å². The van der Waals surface area contributed by atoms with Gasteiger partial charge in [0.25, 0.3) is 0 Å². The third kappa shape index (κ3) is 1.97. The number of ether oxygens (including phenoxy) is 2. The molecule has 0 spiro atoms. The topological polar surface area (TPSA) is 99.8 Å². The Morgan fingerprint density at radius 2 is 0.846 bits per heavy atom. The fraction of sp³-hybridized carbons (Fsp3) is 0.778. The van der Waals surface area contributed by atoms with E-state index < -0.39 is 0 Å². The maximum atomic E-state index is 12.6. The molecule has 0 aromatic carbocycles. The molecule has 8 heteroatoms. The van der Waals surface area contributed by atoms with E-state index in [9.17, 15) is 19.2 Å². The normalized spacial score (nSPS) is 48.3. The van der Waals surface area contributed by atoms with E-state index in [-0.39, 0.29) is 84.8 Å². The Hall–Kier alpha value is -1.80. The molecule has 4 saturated heterocycles. The Morgan fingerprint density at radius 1 is 0.577 bits per heavy atom. The quantitative estimate of drug-likeness (QED) is 0.488. The summed E-state index contributed by atoms with van der Waals surface area (Å²) in [6.45, 7) is 0.224. The van der Waals surface area contributed by atoms with E-state index in [1.165, 1.54) is 9.80 Å². The Morgan fingerprint density at radius 3 is 1.12 bits per heavy atom. The summed E-state index contributed by atoms with van der Waals surface area (Å²) in [6, 6.07) is 0. The first-order chi connectivity index (χ1) is 12.5. The standard InChI is InChI=1S/C18H20N2O6/c21-15-7-3-11-12(25-11)4-8(7)16(22)19(15)1-2-20-17(23)9-5-13-14(26-13)6-10(9)18(20)24/h7-14H,1-6H2/t7-,8-,9-,10+,11-,12-,13-,14+/m1/s1. The van der Waals surface area contributed by atoms with Crippen molar-refractivity contribution in [1.29, 1.82) is 0 Å². The lowest BCUT2D eigenvalue weighted by Gasteiger charge is -2.20. The zero-order chi connectivity index (χ0) is 17.7. The van der Waals surface area contributed by atoms with E-state index in [4.69, 9.17) is 9.47 Å². The summed E-state index contributed by atoms with van der Waals surface area (Å²) in [5.74, 6) is -1.82. The van der Waals surface area contributed by atoms with Crippen LogP contribution in [0.3, 0.4) is 0 Å². The molecule has 26 heavy (non-hydrogen) atoms. The summed E-state index contributed by atoms with van der Waals surface area (Å²) in [4.78, 5) is 53.0. The minimum atomic E-state index is -0.289. The van der Waals surface area contributed by atoms with Crippen LogP contribution in [-0.4, -0.2) is 70.9 Å². The predicted molar refractivity (Wildman–Crippen MR) is 83.2 cm³/mol. The van der Waals surface area contributed by atoms with Gasteiger partial charge in [0.2, 0.25) is 23.6 Å². The highest BCUT2D eigenvalue weighted by molar-refractivity contribution is 6.07. The third-order valence-corrected chi connectivity index (χ3v) is 7.17. The summed E-state index contributed by atoms with van der Waals surface area (Å²) in [6.07, 6.45) is 2.99. The van der Waals surface area contributed by atoms with Gasteiger partial charge in [0, 0.05) is 13.1 Å². The van der Waals surface area contributed by atoms with Crippen molar-refractivity contribution in [3.63, 3.8) is 0 Å². The lowest BCUT2D eigenvalue weighted by molar-refractivity contribution is -0.145. The summed E-state index contributed by atoms with van der Waals surface area (Å²) < 4.78 is 10.9. The van der Waals surface area contributed by atoms with Gasteiger partial charge in [-0.15, -0.1) is 0 Å². The van der Waals surface area contributed by atoms with Crippen molar-refractivity contribution < 1.29 is 28.7 Å². The van der Waals surface area contributed by atoms with Crippen LogP contribution in [0.4, 0.5) is 0 Å². The van der Waals surface area contributed by atoms with E-state index in [2.05, 4.69) is 0 Å². The first kappa shape index (κ1) is 15.3. The fourth-order valence-electron chi connectivity index (χ4n) is 5.60. The number of hydrogen-bond acceptors (Lipinski definition) is 6. The number of fused-ring (bicyclic) bond motifs is 4. The highest BCUT2D eigenvalue weighted by Gasteiger charge is 2.60. The van der Waals surface area contributed by atoms with E-state index in [1.807, 2.05) is 0 Å². The number of hydrogen-bond donors (Lipinski definition) is 0. The van der Waals surface area contributed by atoms with E-state index in [1.54, 1.807) is 0 Å². The molecular formula is C18H20N2O6. The average Bonchev–Trinajstić information content (AvgIpc) is 3.52. The zero-order valence-electron chi connectivity index (χ0n) is 14.2. The molecule has 4 aliphatic heterocycles.